The highest BCUT2D eigenvalue weighted by Crippen LogP contribution is 2.49. The zero-order valence-electron chi connectivity index (χ0n) is 15.5. The maximum atomic E-state index is 14.3. The van der Waals surface area contributed by atoms with E-state index in [0.717, 1.165) is 6.42 Å². The number of hydrogen-bond donors (Lipinski definition) is 1. The number of nitrogens with zero attached hydrogens (tertiary/aromatic N) is 1. The van der Waals surface area contributed by atoms with Crippen molar-refractivity contribution in [1.29, 1.82) is 0 Å². The van der Waals surface area contributed by atoms with E-state index in [-0.39, 0.29) is 11.9 Å². The molecule has 3 aromatic rings. The second kappa shape index (κ2) is 7.29. The van der Waals surface area contributed by atoms with Gasteiger partial charge in [-0.3, -0.25) is 4.98 Å². The second-order valence-corrected chi connectivity index (χ2v) is 6.83. The number of pyridine rings is 1. The topological polar surface area (TPSA) is 85.1 Å². The Kier molecular flexibility index (Phi) is 4.48. The van der Waals surface area contributed by atoms with Crippen molar-refractivity contribution in [1.82, 2.24) is 4.98 Å². The largest absolute Gasteiger partial charge is 0.485 e. The molecule has 1 aromatic heterocycles. The van der Waals surface area contributed by atoms with Crippen LogP contribution in [0.15, 0.2) is 36.5 Å². The van der Waals surface area contributed by atoms with E-state index in [4.69, 9.17) is 29.4 Å². The van der Waals surface area contributed by atoms with Gasteiger partial charge in [-0.05, 0) is 18.2 Å². The lowest BCUT2D eigenvalue weighted by Gasteiger charge is -2.24. The Morgan fingerprint density at radius 1 is 1.00 bits per heavy atom. The van der Waals surface area contributed by atoms with E-state index < -0.39 is 5.82 Å². The molecule has 1 fully saturated rings. The Morgan fingerprint density at radius 3 is 2.66 bits per heavy atom. The van der Waals surface area contributed by atoms with Gasteiger partial charge in [-0.25, -0.2) is 4.39 Å². The smallest absolute Gasteiger partial charge is 0.204 e. The minimum atomic E-state index is -0.554. The third-order valence-electron chi connectivity index (χ3n) is 4.80. The molecule has 7 nitrogen and oxygen atoms in total. The number of rotatable bonds is 4. The van der Waals surface area contributed by atoms with Crippen LogP contribution in [0.3, 0.4) is 0 Å². The van der Waals surface area contributed by atoms with Crippen molar-refractivity contribution in [3.8, 4) is 28.7 Å². The summed E-state index contributed by atoms with van der Waals surface area (Å²) in [5, 5.41) is 0.591. The third-order valence-corrected chi connectivity index (χ3v) is 4.80. The summed E-state index contributed by atoms with van der Waals surface area (Å²) < 4.78 is 43.3. The summed E-state index contributed by atoms with van der Waals surface area (Å²) in [6.45, 7) is 1.98. The fourth-order valence-corrected chi connectivity index (χ4v) is 3.45. The SMILES string of the molecule is Nc1ccc(Oc2ccnc3cc(OC4CCOC4)c4c(c23)OCCO4)c(F)c1. The molecule has 0 amide bonds. The number of fused-ring (bicyclic) bond motifs is 3. The summed E-state index contributed by atoms with van der Waals surface area (Å²) in [5.74, 6) is 1.41. The summed E-state index contributed by atoms with van der Waals surface area (Å²) in [4.78, 5) is 4.42. The highest BCUT2D eigenvalue weighted by atomic mass is 19.1. The molecule has 2 aromatic carbocycles. The molecule has 2 N–H and O–H groups in total. The molecule has 29 heavy (non-hydrogen) atoms. The highest BCUT2D eigenvalue weighted by molar-refractivity contribution is 5.95. The van der Waals surface area contributed by atoms with Crippen molar-refractivity contribution in [2.45, 2.75) is 12.5 Å². The van der Waals surface area contributed by atoms with Gasteiger partial charge in [0.05, 0.1) is 24.1 Å². The van der Waals surface area contributed by atoms with Gasteiger partial charge in [0.2, 0.25) is 5.75 Å². The van der Waals surface area contributed by atoms with Crippen LogP contribution in [0.1, 0.15) is 6.42 Å². The Labute approximate surface area is 166 Å². The van der Waals surface area contributed by atoms with Crippen molar-refractivity contribution in [3.05, 3.63) is 42.3 Å². The first-order valence-electron chi connectivity index (χ1n) is 9.37. The van der Waals surface area contributed by atoms with Crippen LogP contribution in [0.4, 0.5) is 10.1 Å². The normalized spacial score (nSPS) is 18.0. The number of halogens is 1. The molecule has 150 valence electrons. The van der Waals surface area contributed by atoms with E-state index in [2.05, 4.69) is 4.98 Å². The van der Waals surface area contributed by atoms with E-state index in [1.54, 1.807) is 24.4 Å². The van der Waals surface area contributed by atoms with Gasteiger partial charge >= 0.3 is 0 Å². The molecule has 5 rings (SSSR count). The van der Waals surface area contributed by atoms with Gasteiger partial charge < -0.3 is 29.4 Å². The third kappa shape index (κ3) is 3.36. The second-order valence-electron chi connectivity index (χ2n) is 6.83. The van der Waals surface area contributed by atoms with Crippen LogP contribution in [0, 0.1) is 5.82 Å². The molecule has 1 unspecified atom stereocenters. The lowest BCUT2D eigenvalue weighted by molar-refractivity contribution is 0.128. The number of aromatic nitrogens is 1. The van der Waals surface area contributed by atoms with Gasteiger partial charge in [0.1, 0.15) is 25.1 Å². The van der Waals surface area contributed by atoms with E-state index in [1.807, 2.05) is 0 Å². The zero-order chi connectivity index (χ0) is 19.8. The summed E-state index contributed by atoms with van der Waals surface area (Å²) in [7, 11) is 0. The van der Waals surface area contributed by atoms with Gasteiger partial charge in [0.15, 0.2) is 23.1 Å². The summed E-state index contributed by atoms with van der Waals surface area (Å²) in [5.41, 5.74) is 6.54. The molecular formula is C21H19FN2O5. The van der Waals surface area contributed by atoms with Gasteiger partial charge in [-0.2, -0.15) is 0 Å². The Bertz CT molecular complexity index is 1070. The molecule has 0 aliphatic carbocycles. The van der Waals surface area contributed by atoms with Crippen LogP contribution in [0.2, 0.25) is 0 Å². The fourth-order valence-electron chi connectivity index (χ4n) is 3.45. The molecule has 8 heteroatoms. The van der Waals surface area contributed by atoms with Crippen molar-refractivity contribution in [2.75, 3.05) is 32.2 Å². The van der Waals surface area contributed by atoms with Gasteiger partial charge in [-0.1, -0.05) is 0 Å². The first-order chi connectivity index (χ1) is 14.2. The van der Waals surface area contributed by atoms with Crippen LogP contribution in [0.5, 0.6) is 28.7 Å². The van der Waals surface area contributed by atoms with Crippen LogP contribution in [-0.2, 0) is 4.74 Å². The van der Waals surface area contributed by atoms with Crippen molar-refractivity contribution >= 4 is 16.6 Å². The average Bonchev–Trinajstić information content (AvgIpc) is 3.23. The standard InChI is InChI=1S/C21H19FN2O5/c22-14-9-12(23)1-2-16(14)29-17-3-5-24-15-10-18(28-13-4-6-25-11-13)20-21(19(15)17)27-8-7-26-20/h1-3,5,9-10,13H,4,6-8,11,23H2. The Hall–Kier alpha value is -3.26. The van der Waals surface area contributed by atoms with Crippen molar-refractivity contribution in [3.63, 3.8) is 0 Å². The molecule has 1 atom stereocenters. The summed E-state index contributed by atoms with van der Waals surface area (Å²) >= 11 is 0. The molecular weight excluding hydrogens is 379 g/mol. The van der Waals surface area contributed by atoms with Crippen LogP contribution in [-0.4, -0.2) is 37.5 Å². The van der Waals surface area contributed by atoms with E-state index in [0.29, 0.717) is 66.0 Å². The maximum absolute atomic E-state index is 14.3. The van der Waals surface area contributed by atoms with E-state index >= 15 is 0 Å². The molecule has 0 bridgehead atoms. The Morgan fingerprint density at radius 2 is 1.86 bits per heavy atom. The molecule has 2 aliphatic heterocycles. The summed E-state index contributed by atoms with van der Waals surface area (Å²) in [6.07, 6.45) is 2.34. The van der Waals surface area contributed by atoms with Crippen molar-refractivity contribution < 1.29 is 28.1 Å². The minimum absolute atomic E-state index is 0.0506. The first-order valence-corrected chi connectivity index (χ1v) is 9.37. The van der Waals surface area contributed by atoms with Gasteiger partial charge in [0.25, 0.3) is 0 Å². The van der Waals surface area contributed by atoms with Crippen LogP contribution in [0.25, 0.3) is 10.9 Å². The predicted molar refractivity (Wildman–Crippen MR) is 103 cm³/mol. The molecule has 0 radical (unpaired) electrons. The van der Waals surface area contributed by atoms with Gasteiger partial charge in [-0.15, -0.1) is 0 Å². The van der Waals surface area contributed by atoms with E-state index in [1.165, 1.54) is 12.1 Å². The lowest BCUT2D eigenvalue weighted by atomic mass is 10.1. The number of nitrogens with two attached hydrogens (primary N) is 1. The van der Waals surface area contributed by atoms with Crippen LogP contribution < -0.4 is 24.7 Å². The number of ether oxygens (including phenoxy) is 5. The molecule has 2 aliphatic rings. The number of benzene rings is 2. The quantitative estimate of drug-likeness (QED) is 0.671. The minimum Gasteiger partial charge on any atom is -0.485 e. The molecule has 0 saturated carbocycles. The zero-order valence-corrected chi connectivity index (χ0v) is 15.5. The molecule has 0 spiro atoms. The van der Waals surface area contributed by atoms with E-state index in [9.17, 15) is 4.39 Å². The number of anilines is 1. The molecule has 3 heterocycles. The predicted octanol–water partition coefficient (Wildman–Crippen LogP) is 3.69. The fraction of sp³-hybridized carbons (Fsp3) is 0.286. The molecule has 1 saturated heterocycles. The Balaban J connectivity index is 1.60. The number of hydrogen-bond acceptors (Lipinski definition) is 7. The summed E-state index contributed by atoms with van der Waals surface area (Å²) in [6, 6.07) is 7.71. The monoisotopic (exact) mass is 398 g/mol. The number of nitrogen functional groups attached to an aromatic ring is 1. The van der Waals surface area contributed by atoms with Crippen LogP contribution >= 0.6 is 0 Å². The van der Waals surface area contributed by atoms with Crippen molar-refractivity contribution in [2.24, 2.45) is 0 Å². The first kappa shape index (κ1) is 17.8. The maximum Gasteiger partial charge on any atom is 0.204 e. The average molecular weight is 398 g/mol. The lowest BCUT2D eigenvalue weighted by Crippen LogP contribution is -2.20. The van der Waals surface area contributed by atoms with Gasteiger partial charge in [0, 0.05) is 30.4 Å². The highest BCUT2D eigenvalue weighted by Gasteiger charge is 2.27.